The minimum atomic E-state index is 0.702. The van der Waals surface area contributed by atoms with Crippen molar-refractivity contribution in [1.82, 2.24) is 5.32 Å². The van der Waals surface area contributed by atoms with Gasteiger partial charge in [-0.1, -0.05) is 37.6 Å². The van der Waals surface area contributed by atoms with Crippen LogP contribution >= 0.6 is 0 Å². The normalized spacial score (nSPS) is 20.5. The predicted octanol–water partition coefficient (Wildman–Crippen LogP) is 3.10. The van der Waals surface area contributed by atoms with Gasteiger partial charge in [-0.3, -0.25) is 0 Å². The van der Waals surface area contributed by atoms with Crippen LogP contribution in [-0.2, 0) is 6.42 Å². The van der Waals surface area contributed by atoms with Gasteiger partial charge < -0.3 is 5.32 Å². The van der Waals surface area contributed by atoms with Crippen LogP contribution in [-0.4, -0.2) is 13.1 Å². The SMILES string of the molecule is CCCC(CC1Cc2ccccc21)NC. The molecule has 0 spiro atoms. The molecule has 0 heterocycles. The molecule has 15 heavy (non-hydrogen) atoms. The van der Waals surface area contributed by atoms with Gasteiger partial charge in [-0.25, -0.2) is 0 Å². The number of hydrogen-bond acceptors (Lipinski definition) is 1. The average molecular weight is 203 g/mol. The van der Waals surface area contributed by atoms with Gasteiger partial charge in [0.05, 0.1) is 0 Å². The molecule has 1 N–H and O–H groups in total. The molecule has 0 radical (unpaired) electrons. The van der Waals surface area contributed by atoms with Gasteiger partial charge in [-0.15, -0.1) is 0 Å². The molecule has 0 aromatic heterocycles. The molecule has 1 aliphatic rings. The third-order valence-corrected chi connectivity index (χ3v) is 3.58. The van der Waals surface area contributed by atoms with Crippen LogP contribution in [0.4, 0.5) is 0 Å². The Morgan fingerprint density at radius 1 is 1.40 bits per heavy atom. The Hall–Kier alpha value is -0.820. The quantitative estimate of drug-likeness (QED) is 0.775. The molecule has 2 rings (SSSR count). The lowest BCUT2D eigenvalue weighted by molar-refractivity contribution is 0.417. The highest BCUT2D eigenvalue weighted by atomic mass is 14.9. The van der Waals surface area contributed by atoms with Crippen molar-refractivity contribution in [2.24, 2.45) is 0 Å². The molecule has 2 unspecified atom stereocenters. The molecule has 1 aromatic rings. The molecule has 0 bridgehead atoms. The molecule has 0 aliphatic heterocycles. The van der Waals surface area contributed by atoms with Crippen molar-refractivity contribution >= 4 is 0 Å². The zero-order chi connectivity index (χ0) is 10.7. The summed E-state index contributed by atoms with van der Waals surface area (Å²) in [5, 5.41) is 3.43. The largest absolute Gasteiger partial charge is 0.317 e. The van der Waals surface area contributed by atoms with Crippen LogP contribution in [0.1, 0.15) is 43.2 Å². The Labute approximate surface area is 92.9 Å². The molecule has 0 fully saturated rings. The fourth-order valence-electron chi connectivity index (χ4n) is 2.64. The van der Waals surface area contributed by atoms with E-state index in [0.29, 0.717) is 6.04 Å². The molecule has 1 nitrogen and oxygen atoms in total. The Kier molecular flexibility index (Phi) is 3.42. The van der Waals surface area contributed by atoms with E-state index in [2.05, 4.69) is 43.6 Å². The van der Waals surface area contributed by atoms with Crippen LogP contribution in [0.2, 0.25) is 0 Å². The smallest absolute Gasteiger partial charge is 0.00699 e. The van der Waals surface area contributed by atoms with Crippen molar-refractivity contribution in [2.45, 2.75) is 44.6 Å². The number of fused-ring (bicyclic) bond motifs is 1. The van der Waals surface area contributed by atoms with E-state index in [9.17, 15) is 0 Å². The Morgan fingerprint density at radius 2 is 2.20 bits per heavy atom. The molecule has 0 saturated carbocycles. The fourth-order valence-corrected chi connectivity index (χ4v) is 2.64. The molecule has 82 valence electrons. The minimum absolute atomic E-state index is 0.702. The standard InChI is InChI=1S/C14H21N/c1-3-6-13(15-2)10-12-9-11-7-4-5-8-14(11)12/h4-5,7-8,12-13,15H,3,6,9-10H2,1-2H3. The Balaban J connectivity index is 1.93. The number of hydrogen-bond donors (Lipinski definition) is 1. The lowest BCUT2D eigenvalue weighted by atomic mass is 9.74. The molecule has 1 heteroatoms. The first-order chi connectivity index (χ1) is 7.35. The van der Waals surface area contributed by atoms with Crippen LogP contribution in [0.5, 0.6) is 0 Å². The second-order valence-electron chi connectivity index (χ2n) is 4.61. The van der Waals surface area contributed by atoms with Crippen molar-refractivity contribution in [3.8, 4) is 0 Å². The summed E-state index contributed by atoms with van der Waals surface area (Å²) < 4.78 is 0. The van der Waals surface area contributed by atoms with E-state index in [1.165, 1.54) is 25.7 Å². The first-order valence-electron chi connectivity index (χ1n) is 6.10. The highest BCUT2D eigenvalue weighted by Crippen LogP contribution is 2.38. The van der Waals surface area contributed by atoms with Crippen LogP contribution in [0.25, 0.3) is 0 Å². The van der Waals surface area contributed by atoms with E-state index in [4.69, 9.17) is 0 Å². The molecular formula is C14H21N. The topological polar surface area (TPSA) is 12.0 Å². The maximum atomic E-state index is 3.43. The molecular weight excluding hydrogens is 182 g/mol. The molecule has 0 amide bonds. The van der Waals surface area contributed by atoms with Crippen molar-refractivity contribution in [3.63, 3.8) is 0 Å². The van der Waals surface area contributed by atoms with Crippen molar-refractivity contribution in [2.75, 3.05) is 7.05 Å². The Bertz CT molecular complexity index is 319. The summed E-state index contributed by atoms with van der Waals surface area (Å²) in [5.74, 6) is 0.810. The summed E-state index contributed by atoms with van der Waals surface area (Å²) in [4.78, 5) is 0. The monoisotopic (exact) mass is 203 g/mol. The lowest BCUT2D eigenvalue weighted by Crippen LogP contribution is -2.30. The molecule has 2 atom stereocenters. The third kappa shape index (κ3) is 2.23. The van der Waals surface area contributed by atoms with Gasteiger partial charge in [-0.2, -0.15) is 0 Å². The summed E-state index contributed by atoms with van der Waals surface area (Å²) >= 11 is 0. The summed E-state index contributed by atoms with van der Waals surface area (Å²) in [6.45, 7) is 2.26. The summed E-state index contributed by atoms with van der Waals surface area (Å²) in [5.41, 5.74) is 3.16. The van der Waals surface area contributed by atoms with E-state index >= 15 is 0 Å². The van der Waals surface area contributed by atoms with Gasteiger partial charge >= 0.3 is 0 Å². The fraction of sp³-hybridized carbons (Fsp3) is 0.571. The van der Waals surface area contributed by atoms with Gasteiger partial charge in [-0.05, 0) is 43.4 Å². The van der Waals surface area contributed by atoms with E-state index in [1.54, 1.807) is 11.1 Å². The average Bonchev–Trinajstić information content (AvgIpc) is 2.24. The van der Waals surface area contributed by atoms with Gasteiger partial charge in [0.15, 0.2) is 0 Å². The first kappa shape index (κ1) is 10.7. The second-order valence-corrected chi connectivity index (χ2v) is 4.61. The van der Waals surface area contributed by atoms with Gasteiger partial charge in [0, 0.05) is 6.04 Å². The zero-order valence-corrected chi connectivity index (χ0v) is 9.79. The van der Waals surface area contributed by atoms with E-state index < -0.39 is 0 Å². The van der Waals surface area contributed by atoms with Gasteiger partial charge in [0.25, 0.3) is 0 Å². The van der Waals surface area contributed by atoms with E-state index in [0.717, 1.165) is 5.92 Å². The van der Waals surface area contributed by atoms with Crippen molar-refractivity contribution < 1.29 is 0 Å². The third-order valence-electron chi connectivity index (χ3n) is 3.58. The van der Waals surface area contributed by atoms with Crippen LogP contribution in [0, 0.1) is 0 Å². The van der Waals surface area contributed by atoms with E-state index in [1.807, 2.05) is 0 Å². The van der Waals surface area contributed by atoms with Gasteiger partial charge in [0.2, 0.25) is 0 Å². The summed E-state index contributed by atoms with van der Waals surface area (Å²) in [6, 6.07) is 9.58. The molecule has 1 aliphatic carbocycles. The highest BCUT2D eigenvalue weighted by Gasteiger charge is 2.27. The van der Waals surface area contributed by atoms with Crippen molar-refractivity contribution in [1.29, 1.82) is 0 Å². The van der Waals surface area contributed by atoms with E-state index in [-0.39, 0.29) is 0 Å². The van der Waals surface area contributed by atoms with Crippen LogP contribution in [0.15, 0.2) is 24.3 Å². The molecule has 1 aromatic carbocycles. The maximum Gasteiger partial charge on any atom is 0.00699 e. The zero-order valence-electron chi connectivity index (χ0n) is 9.79. The van der Waals surface area contributed by atoms with Crippen LogP contribution in [0.3, 0.4) is 0 Å². The molecule has 0 saturated heterocycles. The number of benzene rings is 1. The number of rotatable bonds is 5. The maximum absolute atomic E-state index is 3.43. The Morgan fingerprint density at radius 3 is 2.87 bits per heavy atom. The highest BCUT2D eigenvalue weighted by molar-refractivity contribution is 5.39. The van der Waals surface area contributed by atoms with Gasteiger partial charge in [0.1, 0.15) is 0 Å². The lowest BCUT2D eigenvalue weighted by Gasteiger charge is -2.33. The van der Waals surface area contributed by atoms with Crippen molar-refractivity contribution in [3.05, 3.63) is 35.4 Å². The first-order valence-corrected chi connectivity index (χ1v) is 6.10. The number of nitrogens with one attached hydrogen (secondary N) is 1. The minimum Gasteiger partial charge on any atom is -0.317 e. The van der Waals surface area contributed by atoms with Crippen LogP contribution < -0.4 is 5.32 Å². The summed E-state index contributed by atoms with van der Waals surface area (Å²) in [7, 11) is 2.09. The summed E-state index contributed by atoms with van der Waals surface area (Å²) in [6.07, 6.45) is 5.18. The second kappa shape index (κ2) is 4.80. The predicted molar refractivity (Wildman–Crippen MR) is 65.3 cm³/mol.